The van der Waals surface area contributed by atoms with Crippen molar-refractivity contribution in [1.29, 1.82) is 0 Å². The van der Waals surface area contributed by atoms with Gasteiger partial charge in [0.2, 0.25) is 0 Å². The van der Waals surface area contributed by atoms with Gasteiger partial charge in [-0.15, -0.1) is 0 Å². The molecule has 2 aromatic carbocycles. The summed E-state index contributed by atoms with van der Waals surface area (Å²) in [6.07, 6.45) is 3.20. The fraction of sp³-hybridized carbons (Fsp3) is 0.250. The van der Waals surface area contributed by atoms with Gasteiger partial charge in [0.05, 0.1) is 18.7 Å². The highest BCUT2D eigenvalue weighted by molar-refractivity contribution is 6.01. The molecule has 1 aliphatic heterocycles. The average Bonchev–Trinajstić information content (AvgIpc) is 3.16. The Labute approximate surface area is 184 Å². The molecule has 0 spiro atoms. The van der Waals surface area contributed by atoms with Crippen molar-refractivity contribution in [2.45, 2.75) is 6.92 Å². The lowest BCUT2D eigenvalue weighted by Gasteiger charge is -2.26. The molecule has 1 fully saturated rings. The van der Waals surface area contributed by atoms with Gasteiger partial charge in [-0.2, -0.15) is 5.10 Å². The van der Waals surface area contributed by atoms with E-state index in [1.54, 1.807) is 34.1 Å². The van der Waals surface area contributed by atoms with Crippen LogP contribution in [0, 0.1) is 12.7 Å². The van der Waals surface area contributed by atoms with Crippen molar-refractivity contribution in [2.24, 2.45) is 7.05 Å². The SMILES string of the molecule is Cc1ccc(F)c(-c2cnc(-c3nn(C)c4ccc(C(=O)N5CCOCC5)cc34)nc2)c1. The molecule has 1 aliphatic rings. The molecule has 8 heteroatoms. The lowest BCUT2D eigenvalue weighted by molar-refractivity contribution is 0.0303. The number of hydrogen-bond acceptors (Lipinski definition) is 5. The zero-order valence-corrected chi connectivity index (χ0v) is 17.9. The van der Waals surface area contributed by atoms with E-state index in [1.807, 2.05) is 32.2 Å². The summed E-state index contributed by atoms with van der Waals surface area (Å²) in [5.74, 6) is 0.0704. The first-order valence-corrected chi connectivity index (χ1v) is 10.4. The fourth-order valence-electron chi connectivity index (χ4n) is 3.96. The molecule has 1 amide bonds. The maximum atomic E-state index is 14.2. The molecule has 1 saturated heterocycles. The van der Waals surface area contributed by atoms with E-state index >= 15 is 0 Å². The number of ether oxygens (including phenoxy) is 1. The monoisotopic (exact) mass is 431 g/mol. The first-order chi connectivity index (χ1) is 15.5. The zero-order valence-electron chi connectivity index (χ0n) is 17.9. The molecule has 162 valence electrons. The molecule has 5 rings (SSSR count). The summed E-state index contributed by atoms with van der Waals surface area (Å²) < 4.78 is 21.3. The van der Waals surface area contributed by atoms with Gasteiger partial charge in [-0.25, -0.2) is 14.4 Å². The number of benzene rings is 2. The summed E-state index contributed by atoms with van der Waals surface area (Å²) in [6, 6.07) is 10.5. The lowest BCUT2D eigenvalue weighted by atomic mass is 10.1. The minimum atomic E-state index is -0.318. The Morgan fingerprint density at radius 2 is 1.81 bits per heavy atom. The molecule has 0 radical (unpaired) electrons. The third kappa shape index (κ3) is 3.62. The Bertz CT molecular complexity index is 1310. The predicted octanol–water partition coefficient (Wildman–Crippen LogP) is 3.62. The summed E-state index contributed by atoms with van der Waals surface area (Å²) in [7, 11) is 1.84. The van der Waals surface area contributed by atoms with Crippen molar-refractivity contribution >= 4 is 16.8 Å². The van der Waals surface area contributed by atoms with Crippen LogP contribution in [0.25, 0.3) is 33.5 Å². The number of aryl methyl sites for hydroxylation is 2. The summed E-state index contributed by atoms with van der Waals surface area (Å²) in [6.45, 7) is 4.17. The van der Waals surface area contributed by atoms with Crippen LogP contribution in [-0.2, 0) is 11.8 Å². The van der Waals surface area contributed by atoms with E-state index in [2.05, 4.69) is 15.1 Å². The number of amides is 1. The van der Waals surface area contributed by atoms with Gasteiger partial charge in [-0.05, 0) is 37.3 Å². The molecule has 3 heterocycles. The number of fused-ring (bicyclic) bond motifs is 1. The number of rotatable bonds is 3. The van der Waals surface area contributed by atoms with Crippen molar-refractivity contribution < 1.29 is 13.9 Å². The second-order valence-electron chi connectivity index (χ2n) is 7.89. The first kappa shape index (κ1) is 20.3. The zero-order chi connectivity index (χ0) is 22.2. The van der Waals surface area contributed by atoms with E-state index < -0.39 is 0 Å². The Morgan fingerprint density at radius 3 is 2.56 bits per heavy atom. The number of nitrogens with zero attached hydrogens (tertiary/aromatic N) is 5. The Hall–Kier alpha value is -3.65. The van der Waals surface area contributed by atoms with Gasteiger partial charge in [0.25, 0.3) is 5.91 Å². The van der Waals surface area contributed by atoms with E-state index in [0.717, 1.165) is 16.5 Å². The van der Waals surface area contributed by atoms with Crippen molar-refractivity contribution in [2.75, 3.05) is 26.3 Å². The molecule has 0 atom stereocenters. The first-order valence-electron chi connectivity index (χ1n) is 10.4. The number of aromatic nitrogens is 4. The van der Waals surface area contributed by atoms with Crippen LogP contribution < -0.4 is 0 Å². The normalized spacial score (nSPS) is 14.2. The highest BCUT2D eigenvalue weighted by atomic mass is 19.1. The number of hydrogen-bond donors (Lipinski definition) is 0. The molecule has 0 bridgehead atoms. The molecule has 2 aromatic heterocycles. The summed E-state index contributed by atoms with van der Waals surface area (Å²) in [4.78, 5) is 23.6. The molecule has 0 N–H and O–H groups in total. The number of halogens is 1. The van der Waals surface area contributed by atoms with Crippen LogP contribution in [0.4, 0.5) is 4.39 Å². The van der Waals surface area contributed by atoms with Crippen molar-refractivity contribution in [3.05, 3.63) is 65.7 Å². The lowest BCUT2D eigenvalue weighted by Crippen LogP contribution is -2.40. The van der Waals surface area contributed by atoms with E-state index in [4.69, 9.17) is 4.74 Å². The fourth-order valence-corrected chi connectivity index (χ4v) is 3.96. The summed E-state index contributed by atoms with van der Waals surface area (Å²) in [5.41, 5.74) is 4.05. The van der Waals surface area contributed by atoms with Crippen LogP contribution in [0.3, 0.4) is 0 Å². The van der Waals surface area contributed by atoms with E-state index in [9.17, 15) is 9.18 Å². The van der Waals surface area contributed by atoms with Crippen LogP contribution in [0.2, 0.25) is 0 Å². The minimum absolute atomic E-state index is 0.0313. The number of carbonyl (C=O) groups is 1. The van der Waals surface area contributed by atoms with E-state index in [0.29, 0.717) is 54.5 Å². The number of carbonyl (C=O) groups excluding carboxylic acids is 1. The van der Waals surface area contributed by atoms with Crippen LogP contribution in [0.1, 0.15) is 15.9 Å². The van der Waals surface area contributed by atoms with Crippen molar-refractivity contribution in [3.63, 3.8) is 0 Å². The highest BCUT2D eigenvalue weighted by Gasteiger charge is 2.21. The largest absolute Gasteiger partial charge is 0.378 e. The van der Waals surface area contributed by atoms with Gasteiger partial charge < -0.3 is 9.64 Å². The summed E-state index contributed by atoms with van der Waals surface area (Å²) >= 11 is 0. The van der Waals surface area contributed by atoms with Crippen molar-refractivity contribution in [3.8, 4) is 22.6 Å². The van der Waals surface area contributed by atoms with Crippen molar-refractivity contribution in [1.82, 2.24) is 24.6 Å². The predicted molar refractivity (Wildman–Crippen MR) is 119 cm³/mol. The standard InChI is InChI=1S/C24H22FN5O2/c1-15-3-5-20(25)18(11-15)17-13-26-23(27-14-17)22-19-12-16(4-6-21(19)29(2)28-22)24(31)30-7-9-32-10-8-30/h3-6,11-14H,7-10H2,1-2H3. The average molecular weight is 431 g/mol. The molecule has 32 heavy (non-hydrogen) atoms. The van der Waals surface area contributed by atoms with Crippen LogP contribution in [0.15, 0.2) is 48.8 Å². The van der Waals surface area contributed by atoms with E-state index in [1.165, 1.54) is 6.07 Å². The maximum Gasteiger partial charge on any atom is 0.254 e. The van der Waals surface area contributed by atoms with Crippen LogP contribution in [-0.4, -0.2) is 56.9 Å². The van der Waals surface area contributed by atoms with Gasteiger partial charge in [0, 0.05) is 54.6 Å². The van der Waals surface area contributed by atoms with Crippen LogP contribution >= 0.6 is 0 Å². The molecule has 0 unspecified atom stereocenters. The Balaban J connectivity index is 1.52. The molecule has 7 nitrogen and oxygen atoms in total. The van der Waals surface area contributed by atoms with Gasteiger partial charge in [0.1, 0.15) is 11.5 Å². The molecule has 4 aromatic rings. The second kappa shape index (κ2) is 8.12. The number of morpholine rings is 1. The highest BCUT2D eigenvalue weighted by Crippen LogP contribution is 2.28. The molecule has 0 aliphatic carbocycles. The minimum Gasteiger partial charge on any atom is -0.378 e. The smallest absolute Gasteiger partial charge is 0.254 e. The summed E-state index contributed by atoms with van der Waals surface area (Å²) in [5, 5.41) is 5.37. The molecule has 0 saturated carbocycles. The topological polar surface area (TPSA) is 73.1 Å². The van der Waals surface area contributed by atoms with Gasteiger partial charge in [-0.1, -0.05) is 11.6 Å². The van der Waals surface area contributed by atoms with Gasteiger partial charge >= 0.3 is 0 Å². The second-order valence-corrected chi connectivity index (χ2v) is 7.89. The Kier molecular flexibility index (Phi) is 5.14. The third-order valence-electron chi connectivity index (χ3n) is 5.69. The Morgan fingerprint density at radius 1 is 1.06 bits per heavy atom. The van der Waals surface area contributed by atoms with Gasteiger partial charge in [-0.3, -0.25) is 9.48 Å². The third-order valence-corrected chi connectivity index (χ3v) is 5.69. The van der Waals surface area contributed by atoms with Crippen LogP contribution in [0.5, 0.6) is 0 Å². The molecular weight excluding hydrogens is 409 g/mol. The molecular formula is C24H22FN5O2. The van der Waals surface area contributed by atoms with E-state index in [-0.39, 0.29) is 11.7 Å². The maximum absolute atomic E-state index is 14.2. The van der Waals surface area contributed by atoms with Gasteiger partial charge in [0.15, 0.2) is 5.82 Å². The quantitative estimate of drug-likeness (QED) is 0.495.